The minimum absolute atomic E-state index is 0.309. The van der Waals surface area contributed by atoms with Crippen molar-refractivity contribution in [1.29, 1.82) is 0 Å². The predicted molar refractivity (Wildman–Crippen MR) is 57.8 cm³/mol. The van der Waals surface area contributed by atoms with Crippen molar-refractivity contribution in [3.8, 4) is 0 Å². The minimum Gasteiger partial charge on any atom is -0.353 e. The van der Waals surface area contributed by atoms with Gasteiger partial charge in [-0.05, 0) is 32.8 Å². The van der Waals surface area contributed by atoms with Gasteiger partial charge < -0.3 is 5.32 Å². The van der Waals surface area contributed by atoms with Gasteiger partial charge in [0.2, 0.25) is 5.91 Å². The van der Waals surface area contributed by atoms with Crippen LogP contribution >= 0.6 is 0 Å². The first-order valence-corrected chi connectivity index (χ1v) is 5.86. The molecule has 0 bridgehead atoms. The molecule has 0 aliphatic carbocycles. The van der Waals surface area contributed by atoms with Gasteiger partial charge in [-0.2, -0.15) is 8.42 Å². The molecule has 0 rings (SSSR count). The van der Waals surface area contributed by atoms with E-state index in [1.807, 2.05) is 0 Å². The van der Waals surface area contributed by atoms with Crippen LogP contribution in [0.15, 0.2) is 12.7 Å². The molecule has 0 unspecified atom stereocenters. The third-order valence-corrected chi connectivity index (χ3v) is 3.43. The Hall–Kier alpha value is -0.880. The van der Waals surface area contributed by atoms with Crippen LogP contribution in [0.2, 0.25) is 0 Å². The van der Waals surface area contributed by atoms with E-state index in [4.69, 9.17) is 4.55 Å². The van der Waals surface area contributed by atoms with Crippen LogP contribution in [-0.2, 0) is 14.9 Å². The molecule has 0 aromatic carbocycles. The number of carbonyl (C=O) groups is 1. The number of carbonyl (C=O) groups excluding carboxylic acids is 1. The van der Waals surface area contributed by atoms with Crippen molar-refractivity contribution in [3.05, 3.63) is 19.1 Å². The summed E-state index contributed by atoms with van der Waals surface area (Å²) in [6.07, 6.45) is 2.92. The molecule has 0 aliphatic rings. The summed E-state index contributed by atoms with van der Waals surface area (Å²) in [6.45, 7) is 6.35. The molecule has 15 heavy (non-hydrogen) atoms. The van der Waals surface area contributed by atoms with Crippen molar-refractivity contribution in [2.75, 3.05) is 6.54 Å². The predicted octanol–water partition coefficient (Wildman–Crippen LogP) is 0.549. The Balaban J connectivity index is 3.97. The highest BCUT2D eigenvalue weighted by Crippen LogP contribution is 2.19. The number of nitrogens with one attached hydrogen (secondary N) is 1. The smallest absolute Gasteiger partial charge is 0.270 e. The lowest BCUT2D eigenvalue weighted by Crippen LogP contribution is -2.33. The van der Waals surface area contributed by atoms with Crippen molar-refractivity contribution in [3.63, 3.8) is 0 Å². The fourth-order valence-electron chi connectivity index (χ4n) is 0.793. The maximum absolute atomic E-state index is 10.9. The fraction of sp³-hybridized carbons (Fsp3) is 0.556. The number of hydrogen-bond donors (Lipinski definition) is 2. The summed E-state index contributed by atoms with van der Waals surface area (Å²) >= 11 is 0. The first kappa shape index (κ1) is 14.1. The van der Waals surface area contributed by atoms with E-state index in [1.165, 1.54) is 20.3 Å². The van der Waals surface area contributed by atoms with Crippen LogP contribution in [0.5, 0.6) is 0 Å². The number of rotatable bonds is 6. The van der Waals surface area contributed by atoms with Crippen molar-refractivity contribution in [1.82, 2.24) is 5.32 Å². The summed E-state index contributed by atoms with van der Waals surface area (Å²) in [6, 6.07) is 0. The van der Waals surface area contributed by atoms with Crippen LogP contribution < -0.4 is 5.32 Å². The molecule has 0 aromatic rings. The molecule has 1 radical (unpaired) electrons. The quantitative estimate of drug-likeness (QED) is 0.399. The van der Waals surface area contributed by atoms with Gasteiger partial charge in [0.05, 0.1) is 4.75 Å². The molecule has 0 fully saturated rings. The first-order valence-electron chi connectivity index (χ1n) is 4.42. The highest BCUT2D eigenvalue weighted by atomic mass is 32.2. The molecule has 0 aromatic heterocycles. The fourth-order valence-corrected chi connectivity index (χ4v) is 1.12. The third-order valence-electron chi connectivity index (χ3n) is 1.93. The Bertz CT molecular complexity index is 332. The van der Waals surface area contributed by atoms with E-state index in [0.717, 1.165) is 6.08 Å². The lowest BCUT2D eigenvalue weighted by molar-refractivity contribution is -0.116. The molecule has 87 valence electrons. The molecule has 1 amide bonds. The van der Waals surface area contributed by atoms with Gasteiger partial charge >= 0.3 is 0 Å². The summed E-state index contributed by atoms with van der Waals surface area (Å²) in [5, 5.41) is 2.49. The van der Waals surface area contributed by atoms with Gasteiger partial charge in [-0.1, -0.05) is 6.58 Å². The van der Waals surface area contributed by atoms with Crippen LogP contribution in [0.1, 0.15) is 20.3 Å². The molecule has 0 aliphatic heterocycles. The lowest BCUT2D eigenvalue weighted by atomic mass is 10.1. The standard InChI is InChI=1S/C9H16NO4S/c1-4-8(11)10-7-5-6-9(2,3)15(12,13)14/h4,6H,1,5,7H2,2-3H3,(H,10,11)(H,12,13,14). The molecule has 0 heterocycles. The van der Waals surface area contributed by atoms with Crippen molar-refractivity contribution in [2.45, 2.75) is 25.0 Å². The van der Waals surface area contributed by atoms with Gasteiger partial charge in [0.15, 0.2) is 0 Å². The summed E-state index contributed by atoms with van der Waals surface area (Å²) < 4.78 is 29.3. The van der Waals surface area contributed by atoms with E-state index >= 15 is 0 Å². The van der Waals surface area contributed by atoms with E-state index in [-0.39, 0.29) is 5.91 Å². The topological polar surface area (TPSA) is 83.5 Å². The zero-order chi connectivity index (χ0) is 12.1. The molecule has 5 nitrogen and oxygen atoms in total. The molecular weight excluding hydrogens is 218 g/mol. The molecule has 6 heteroatoms. The lowest BCUT2D eigenvalue weighted by Gasteiger charge is -2.19. The van der Waals surface area contributed by atoms with Gasteiger partial charge in [0, 0.05) is 6.54 Å². The van der Waals surface area contributed by atoms with Crippen LogP contribution in [0, 0.1) is 6.42 Å². The van der Waals surface area contributed by atoms with E-state index in [1.54, 1.807) is 0 Å². The van der Waals surface area contributed by atoms with Gasteiger partial charge in [0.1, 0.15) is 0 Å². The SMILES string of the molecule is C=CC(=O)NCC[CH]C(C)(C)S(=O)(=O)O. The van der Waals surface area contributed by atoms with E-state index in [0.29, 0.717) is 13.0 Å². The molecule has 0 saturated carbocycles. The number of hydrogen-bond acceptors (Lipinski definition) is 3. The monoisotopic (exact) mass is 234 g/mol. The molecule has 0 spiro atoms. The van der Waals surface area contributed by atoms with E-state index in [9.17, 15) is 13.2 Å². The Kier molecular flexibility index (Phi) is 4.96. The van der Waals surface area contributed by atoms with Crippen LogP contribution in [-0.4, -0.2) is 30.2 Å². The summed E-state index contributed by atoms with van der Waals surface area (Å²) in [5.74, 6) is -0.312. The van der Waals surface area contributed by atoms with Crippen molar-refractivity contribution in [2.24, 2.45) is 0 Å². The summed E-state index contributed by atoms with van der Waals surface area (Å²) in [5.41, 5.74) is 0. The van der Waals surface area contributed by atoms with Crippen LogP contribution in [0.3, 0.4) is 0 Å². The second kappa shape index (κ2) is 5.27. The molecule has 2 N–H and O–H groups in total. The Morgan fingerprint density at radius 1 is 1.53 bits per heavy atom. The molecular formula is C9H16NO4S. The Labute approximate surface area is 90.3 Å². The third kappa shape index (κ3) is 4.94. The highest BCUT2D eigenvalue weighted by molar-refractivity contribution is 7.87. The maximum atomic E-state index is 10.9. The van der Waals surface area contributed by atoms with Gasteiger partial charge in [-0.25, -0.2) is 0 Å². The normalized spacial score (nSPS) is 12.2. The van der Waals surface area contributed by atoms with Crippen LogP contribution in [0.4, 0.5) is 0 Å². The highest BCUT2D eigenvalue weighted by Gasteiger charge is 2.31. The van der Waals surface area contributed by atoms with E-state index in [2.05, 4.69) is 11.9 Å². The van der Waals surface area contributed by atoms with Gasteiger partial charge in [0.25, 0.3) is 10.1 Å². The van der Waals surface area contributed by atoms with Crippen LogP contribution in [0.25, 0.3) is 0 Å². The van der Waals surface area contributed by atoms with Crippen molar-refractivity contribution < 1.29 is 17.8 Å². The zero-order valence-corrected chi connectivity index (χ0v) is 9.67. The van der Waals surface area contributed by atoms with Gasteiger partial charge in [-0.15, -0.1) is 0 Å². The summed E-state index contributed by atoms with van der Waals surface area (Å²) in [4.78, 5) is 10.7. The second-order valence-electron chi connectivity index (χ2n) is 3.57. The molecule has 0 atom stereocenters. The maximum Gasteiger partial charge on any atom is 0.270 e. The van der Waals surface area contributed by atoms with Crippen molar-refractivity contribution >= 4 is 16.0 Å². The Morgan fingerprint density at radius 2 is 2.07 bits per heavy atom. The average molecular weight is 234 g/mol. The minimum atomic E-state index is -4.10. The average Bonchev–Trinajstić information content (AvgIpc) is 2.10. The first-order chi connectivity index (χ1) is 6.70. The van der Waals surface area contributed by atoms with Gasteiger partial charge in [-0.3, -0.25) is 9.35 Å². The zero-order valence-electron chi connectivity index (χ0n) is 8.86. The van der Waals surface area contributed by atoms with E-state index < -0.39 is 14.9 Å². The number of amides is 1. The second-order valence-corrected chi connectivity index (χ2v) is 5.57. The largest absolute Gasteiger partial charge is 0.353 e. The molecule has 0 saturated heterocycles. The Morgan fingerprint density at radius 3 is 2.47 bits per heavy atom. The summed E-state index contributed by atoms with van der Waals surface area (Å²) in [7, 11) is -4.10.